The van der Waals surface area contributed by atoms with Crippen LogP contribution >= 0.6 is 0 Å². The predicted octanol–water partition coefficient (Wildman–Crippen LogP) is 1.91. The maximum absolute atomic E-state index is 12.3. The van der Waals surface area contributed by atoms with Crippen molar-refractivity contribution in [1.82, 2.24) is 9.38 Å². The van der Waals surface area contributed by atoms with Crippen LogP contribution in [0.1, 0.15) is 12.5 Å². The molecule has 5 nitrogen and oxygen atoms in total. The number of pyridine rings is 1. The largest absolute Gasteiger partial charge is 0.461 e. The first-order valence-electron chi connectivity index (χ1n) is 6.18. The van der Waals surface area contributed by atoms with Gasteiger partial charge in [0, 0.05) is 24.7 Å². The molecular formula is C15H12N2O3. The average molecular weight is 268 g/mol. The highest BCUT2D eigenvalue weighted by Crippen LogP contribution is 2.16. The van der Waals surface area contributed by atoms with Gasteiger partial charge in [-0.05, 0) is 11.5 Å². The Kier molecular flexibility index (Phi) is 2.95. The van der Waals surface area contributed by atoms with E-state index in [-0.39, 0.29) is 12.2 Å². The SMILES string of the molecule is CC(=O)OCc1cnc2c3ccccc3ccn2c1=O. The zero-order valence-electron chi connectivity index (χ0n) is 10.9. The van der Waals surface area contributed by atoms with Gasteiger partial charge in [-0.15, -0.1) is 0 Å². The predicted molar refractivity (Wildman–Crippen MR) is 74.4 cm³/mol. The molecule has 0 amide bonds. The van der Waals surface area contributed by atoms with Crippen molar-refractivity contribution >= 4 is 22.4 Å². The van der Waals surface area contributed by atoms with E-state index in [1.807, 2.05) is 30.3 Å². The van der Waals surface area contributed by atoms with Crippen molar-refractivity contribution in [3.63, 3.8) is 0 Å². The summed E-state index contributed by atoms with van der Waals surface area (Å²) in [5.41, 5.74) is 0.731. The third-order valence-corrected chi connectivity index (χ3v) is 3.10. The first-order chi connectivity index (χ1) is 9.66. The molecular weight excluding hydrogens is 256 g/mol. The number of esters is 1. The van der Waals surface area contributed by atoms with E-state index in [1.54, 1.807) is 6.20 Å². The topological polar surface area (TPSA) is 60.7 Å². The van der Waals surface area contributed by atoms with Crippen LogP contribution in [0.25, 0.3) is 16.4 Å². The van der Waals surface area contributed by atoms with E-state index in [1.165, 1.54) is 17.5 Å². The van der Waals surface area contributed by atoms with Gasteiger partial charge in [-0.25, -0.2) is 4.98 Å². The fourth-order valence-electron chi connectivity index (χ4n) is 2.12. The first kappa shape index (κ1) is 12.3. The molecule has 3 rings (SSSR count). The zero-order chi connectivity index (χ0) is 14.1. The molecule has 1 aromatic carbocycles. The lowest BCUT2D eigenvalue weighted by Gasteiger charge is -2.07. The quantitative estimate of drug-likeness (QED) is 0.526. The van der Waals surface area contributed by atoms with Crippen LogP contribution < -0.4 is 5.56 Å². The third kappa shape index (κ3) is 2.03. The zero-order valence-corrected chi connectivity index (χ0v) is 10.9. The normalized spacial score (nSPS) is 10.8. The van der Waals surface area contributed by atoms with Gasteiger partial charge >= 0.3 is 5.97 Å². The smallest absolute Gasteiger partial charge is 0.302 e. The Hall–Kier alpha value is -2.69. The Balaban J connectivity index is 2.21. The number of nitrogens with zero attached hydrogens (tertiary/aromatic N) is 2. The molecule has 100 valence electrons. The molecule has 0 unspecified atom stereocenters. The van der Waals surface area contributed by atoms with Gasteiger partial charge in [0.05, 0.1) is 5.56 Å². The lowest BCUT2D eigenvalue weighted by atomic mass is 10.1. The second-order valence-electron chi connectivity index (χ2n) is 4.47. The number of carbonyl (C=O) groups is 1. The summed E-state index contributed by atoms with van der Waals surface area (Å²) in [7, 11) is 0. The fourth-order valence-corrected chi connectivity index (χ4v) is 2.12. The van der Waals surface area contributed by atoms with Gasteiger partial charge in [0.25, 0.3) is 5.56 Å². The molecule has 0 bridgehead atoms. The van der Waals surface area contributed by atoms with Crippen molar-refractivity contribution in [1.29, 1.82) is 0 Å². The Morgan fingerprint density at radius 2 is 2.10 bits per heavy atom. The lowest BCUT2D eigenvalue weighted by Crippen LogP contribution is -2.20. The molecule has 0 saturated carbocycles. The van der Waals surface area contributed by atoms with Crippen molar-refractivity contribution < 1.29 is 9.53 Å². The number of ether oxygens (including phenoxy) is 1. The summed E-state index contributed by atoms with van der Waals surface area (Å²) in [5.74, 6) is -0.423. The second-order valence-corrected chi connectivity index (χ2v) is 4.47. The Bertz CT molecular complexity index is 868. The van der Waals surface area contributed by atoms with Crippen LogP contribution in [0, 0.1) is 0 Å². The molecule has 0 aliphatic rings. The summed E-state index contributed by atoms with van der Waals surface area (Å²) in [6, 6.07) is 9.59. The summed E-state index contributed by atoms with van der Waals surface area (Å²) in [6.07, 6.45) is 3.15. The van der Waals surface area contributed by atoms with Gasteiger partial charge in [-0.2, -0.15) is 0 Å². The molecule has 2 aromatic heterocycles. The highest BCUT2D eigenvalue weighted by molar-refractivity contribution is 5.93. The molecule has 0 N–H and O–H groups in total. The molecule has 3 aromatic rings. The van der Waals surface area contributed by atoms with Crippen molar-refractivity contribution in [2.45, 2.75) is 13.5 Å². The second kappa shape index (κ2) is 4.77. The molecule has 2 heterocycles. The molecule has 0 radical (unpaired) electrons. The molecule has 0 fully saturated rings. The average Bonchev–Trinajstić information content (AvgIpc) is 2.46. The maximum atomic E-state index is 12.3. The van der Waals surface area contributed by atoms with Crippen LogP contribution in [0.3, 0.4) is 0 Å². The van der Waals surface area contributed by atoms with E-state index < -0.39 is 5.97 Å². The van der Waals surface area contributed by atoms with Gasteiger partial charge in [0.15, 0.2) is 0 Å². The number of aromatic nitrogens is 2. The first-order valence-corrected chi connectivity index (χ1v) is 6.18. The molecule has 0 atom stereocenters. The van der Waals surface area contributed by atoms with E-state index in [2.05, 4.69) is 4.98 Å². The van der Waals surface area contributed by atoms with Gasteiger partial charge in [0.1, 0.15) is 12.3 Å². The van der Waals surface area contributed by atoms with Gasteiger partial charge < -0.3 is 4.74 Å². The molecule has 0 aliphatic heterocycles. The molecule has 0 saturated heterocycles. The van der Waals surface area contributed by atoms with E-state index in [9.17, 15) is 9.59 Å². The number of carbonyl (C=O) groups excluding carboxylic acids is 1. The van der Waals surface area contributed by atoms with E-state index in [4.69, 9.17) is 4.74 Å². The summed E-state index contributed by atoms with van der Waals surface area (Å²) >= 11 is 0. The number of rotatable bonds is 2. The molecule has 20 heavy (non-hydrogen) atoms. The van der Waals surface area contributed by atoms with Crippen LogP contribution in [0.4, 0.5) is 0 Å². The van der Waals surface area contributed by atoms with Gasteiger partial charge in [0.2, 0.25) is 0 Å². The van der Waals surface area contributed by atoms with E-state index in [0.29, 0.717) is 11.2 Å². The maximum Gasteiger partial charge on any atom is 0.302 e. The third-order valence-electron chi connectivity index (χ3n) is 3.10. The van der Waals surface area contributed by atoms with Gasteiger partial charge in [-0.3, -0.25) is 14.0 Å². The van der Waals surface area contributed by atoms with Crippen molar-refractivity contribution in [3.05, 3.63) is 58.6 Å². The highest BCUT2D eigenvalue weighted by atomic mass is 16.5. The Morgan fingerprint density at radius 3 is 2.90 bits per heavy atom. The molecule has 0 spiro atoms. The number of fused-ring (bicyclic) bond motifs is 3. The van der Waals surface area contributed by atoms with Crippen LogP contribution in [0.2, 0.25) is 0 Å². The number of benzene rings is 1. The minimum atomic E-state index is -0.423. The molecule has 5 heteroatoms. The van der Waals surface area contributed by atoms with Crippen LogP contribution in [-0.2, 0) is 16.1 Å². The lowest BCUT2D eigenvalue weighted by molar-refractivity contribution is -0.142. The minimum Gasteiger partial charge on any atom is -0.461 e. The summed E-state index contributed by atoms with van der Waals surface area (Å²) < 4.78 is 6.33. The van der Waals surface area contributed by atoms with Crippen molar-refractivity contribution in [2.75, 3.05) is 0 Å². The summed E-state index contributed by atoms with van der Waals surface area (Å²) in [4.78, 5) is 27.5. The Labute approximate surface area is 114 Å². The highest BCUT2D eigenvalue weighted by Gasteiger charge is 2.08. The van der Waals surface area contributed by atoms with Gasteiger partial charge in [-0.1, -0.05) is 24.3 Å². The van der Waals surface area contributed by atoms with Crippen molar-refractivity contribution in [3.8, 4) is 0 Å². The van der Waals surface area contributed by atoms with E-state index in [0.717, 1.165) is 10.8 Å². The summed E-state index contributed by atoms with van der Waals surface area (Å²) in [5, 5.41) is 1.93. The number of hydrogen-bond donors (Lipinski definition) is 0. The monoisotopic (exact) mass is 268 g/mol. The van der Waals surface area contributed by atoms with Crippen LogP contribution in [0.15, 0.2) is 47.5 Å². The van der Waals surface area contributed by atoms with E-state index >= 15 is 0 Å². The standard InChI is InChI=1S/C15H12N2O3/c1-10(18)20-9-12-8-16-14-13-5-3-2-4-11(13)6-7-17(14)15(12)19/h2-8H,9H2,1H3. The fraction of sp³-hybridized carbons (Fsp3) is 0.133. The van der Waals surface area contributed by atoms with Crippen molar-refractivity contribution in [2.24, 2.45) is 0 Å². The minimum absolute atomic E-state index is 0.0586. The molecule has 0 aliphatic carbocycles. The number of hydrogen-bond acceptors (Lipinski definition) is 4. The Morgan fingerprint density at radius 1 is 1.30 bits per heavy atom. The van der Waals surface area contributed by atoms with Crippen LogP contribution in [-0.4, -0.2) is 15.4 Å². The summed E-state index contributed by atoms with van der Waals surface area (Å²) in [6.45, 7) is 1.25. The van der Waals surface area contributed by atoms with Crippen LogP contribution in [0.5, 0.6) is 0 Å².